The molecule has 3 rings (SSSR count). The summed E-state index contributed by atoms with van der Waals surface area (Å²) in [4.78, 5) is 14.8. The minimum absolute atomic E-state index is 0.0991. The van der Waals surface area contributed by atoms with Crippen molar-refractivity contribution in [2.75, 3.05) is 56.1 Å². The predicted molar refractivity (Wildman–Crippen MR) is 116 cm³/mol. The third-order valence-corrected chi connectivity index (χ3v) is 5.11. The summed E-state index contributed by atoms with van der Waals surface area (Å²) in [7, 11) is 3.01. The molecule has 1 aliphatic heterocycles. The molecule has 2 aromatic rings. The maximum Gasteiger partial charge on any atom is 0.416 e. The Morgan fingerprint density at radius 1 is 1.06 bits per heavy atom. The molecule has 1 atom stereocenters. The Morgan fingerprint density at radius 2 is 1.78 bits per heavy atom. The van der Waals surface area contributed by atoms with E-state index >= 15 is 0 Å². The molecule has 0 unspecified atom stereocenters. The Kier molecular flexibility index (Phi) is 7.34. The number of methoxy groups -OCH3 is 2. The Labute approximate surface area is 184 Å². The van der Waals surface area contributed by atoms with E-state index in [2.05, 4.69) is 10.6 Å². The average Bonchev–Trinajstić information content (AvgIpc) is 2.79. The highest BCUT2D eigenvalue weighted by Gasteiger charge is 2.32. The number of nitrogens with zero attached hydrogens (tertiary/aromatic N) is 1. The van der Waals surface area contributed by atoms with Gasteiger partial charge in [0.05, 0.1) is 50.1 Å². The number of nitrogens with one attached hydrogen (secondary N) is 2. The number of benzene rings is 2. The van der Waals surface area contributed by atoms with Crippen LogP contribution in [0.2, 0.25) is 0 Å². The second-order valence-electron chi connectivity index (χ2n) is 7.25. The van der Waals surface area contributed by atoms with E-state index in [1.165, 1.54) is 20.3 Å². The second kappa shape index (κ2) is 9.99. The third kappa shape index (κ3) is 5.56. The SMILES string of the molecule is COc1ccc(N[C@H](C)C(=O)Nc2cc(C(F)(F)F)ccc2N2CCOCC2)c(OC)c1. The molecule has 1 amide bonds. The van der Waals surface area contributed by atoms with Gasteiger partial charge in [-0.2, -0.15) is 13.2 Å². The molecule has 0 saturated carbocycles. The Morgan fingerprint density at radius 3 is 2.41 bits per heavy atom. The first-order valence-corrected chi connectivity index (χ1v) is 10.1. The number of ether oxygens (including phenoxy) is 3. The summed E-state index contributed by atoms with van der Waals surface area (Å²) in [5.74, 6) is 0.567. The Bertz CT molecular complexity index is 947. The van der Waals surface area contributed by atoms with E-state index in [1.54, 1.807) is 25.1 Å². The monoisotopic (exact) mass is 453 g/mol. The van der Waals surface area contributed by atoms with E-state index < -0.39 is 23.7 Å². The zero-order valence-corrected chi connectivity index (χ0v) is 18.1. The Hall–Kier alpha value is -3.14. The van der Waals surface area contributed by atoms with Crippen LogP contribution in [-0.4, -0.2) is 52.5 Å². The molecule has 10 heteroatoms. The first kappa shape index (κ1) is 23.5. The van der Waals surface area contributed by atoms with Crippen molar-refractivity contribution in [2.24, 2.45) is 0 Å². The van der Waals surface area contributed by atoms with Crippen molar-refractivity contribution in [1.29, 1.82) is 0 Å². The lowest BCUT2D eigenvalue weighted by Gasteiger charge is -2.31. The number of anilines is 3. The van der Waals surface area contributed by atoms with E-state index in [0.717, 1.165) is 12.1 Å². The van der Waals surface area contributed by atoms with Crippen molar-refractivity contribution in [2.45, 2.75) is 19.1 Å². The van der Waals surface area contributed by atoms with Crippen LogP contribution in [0.1, 0.15) is 12.5 Å². The lowest BCUT2D eigenvalue weighted by Crippen LogP contribution is -2.37. The van der Waals surface area contributed by atoms with Crippen LogP contribution in [0.4, 0.5) is 30.2 Å². The van der Waals surface area contributed by atoms with Crippen LogP contribution in [0.15, 0.2) is 36.4 Å². The first-order chi connectivity index (χ1) is 15.2. The van der Waals surface area contributed by atoms with E-state index in [0.29, 0.717) is 49.2 Å². The summed E-state index contributed by atoms with van der Waals surface area (Å²) in [5, 5.41) is 5.68. The van der Waals surface area contributed by atoms with E-state index in [9.17, 15) is 18.0 Å². The molecule has 0 radical (unpaired) electrons. The number of halogens is 3. The zero-order chi connectivity index (χ0) is 23.3. The molecule has 1 fully saturated rings. The highest BCUT2D eigenvalue weighted by Crippen LogP contribution is 2.36. The van der Waals surface area contributed by atoms with E-state index in [1.807, 2.05) is 4.90 Å². The standard InChI is InChI=1S/C22H26F3N3O4/c1-14(26-17-6-5-16(30-2)13-20(17)31-3)21(29)27-18-12-15(22(23,24)25)4-7-19(18)28-8-10-32-11-9-28/h4-7,12-14,26H,8-11H2,1-3H3,(H,27,29)/t14-/m1/s1. The van der Waals surface area contributed by atoms with Gasteiger partial charge in [-0.3, -0.25) is 4.79 Å². The van der Waals surface area contributed by atoms with E-state index in [-0.39, 0.29) is 5.69 Å². The smallest absolute Gasteiger partial charge is 0.416 e. The topological polar surface area (TPSA) is 72.1 Å². The van der Waals surface area contributed by atoms with Gasteiger partial charge < -0.3 is 29.7 Å². The Balaban J connectivity index is 1.82. The molecule has 1 aliphatic rings. The average molecular weight is 453 g/mol. The molecule has 0 aliphatic carbocycles. The minimum atomic E-state index is -4.52. The van der Waals surface area contributed by atoms with Crippen molar-refractivity contribution in [3.05, 3.63) is 42.0 Å². The number of hydrogen-bond donors (Lipinski definition) is 2. The van der Waals surface area contributed by atoms with Crippen LogP contribution in [-0.2, 0) is 15.7 Å². The molecular weight excluding hydrogens is 427 g/mol. The minimum Gasteiger partial charge on any atom is -0.497 e. The van der Waals surface area contributed by atoms with Crippen LogP contribution in [0.5, 0.6) is 11.5 Å². The highest BCUT2D eigenvalue weighted by atomic mass is 19.4. The molecule has 174 valence electrons. The fraction of sp³-hybridized carbons (Fsp3) is 0.409. The number of amides is 1. The number of carbonyl (C=O) groups excluding carboxylic acids is 1. The van der Waals surface area contributed by atoms with Crippen LogP contribution < -0.4 is 25.0 Å². The maximum atomic E-state index is 13.3. The quantitative estimate of drug-likeness (QED) is 0.661. The molecule has 1 heterocycles. The van der Waals surface area contributed by atoms with Gasteiger partial charge in [0, 0.05) is 19.2 Å². The second-order valence-corrected chi connectivity index (χ2v) is 7.25. The van der Waals surface area contributed by atoms with Crippen molar-refractivity contribution < 1.29 is 32.2 Å². The molecule has 7 nitrogen and oxygen atoms in total. The van der Waals surface area contributed by atoms with Crippen LogP contribution in [0.25, 0.3) is 0 Å². The molecule has 0 aromatic heterocycles. The summed E-state index contributed by atoms with van der Waals surface area (Å²) in [6.07, 6.45) is -4.52. The predicted octanol–water partition coefficient (Wildman–Crippen LogP) is 4.00. The number of rotatable bonds is 7. The first-order valence-electron chi connectivity index (χ1n) is 10.1. The third-order valence-electron chi connectivity index (χ3n) is 5.11. The lowest BCUT2D eigenvalue weighted by molar-refractivity contribution is -0.137. The van der Waals surface area contributed by atoms with Gasteiger partial charge in [0.15, 0.2) is 0 Å². The van der Waals surface area contributed by atoms with Gasteiger partial charge in [0.1, 0.15) is 17.5 Å². The fourth-order valence-electron chi connectivity index (χ4n) is 3.35. The maximum absolute atomic E-state index is 13.3. The van der Waals surface area contributed by atoms with Gasteiger partial charge in [-0.05, 0) is 37.3 Å². The lowest BCUT2D eigenvalue weighted by atomic mass is 10.1. The van der Waals surface area contributed by atoms with Crippen molar-refractivity contribution >= 4 is 23.0 Å². The summed E-state index contributed by atoms with van der Waals surface area (Å²) in [6, 6.07) is 7.67. The van der Waals surface area contributed by atoms with Gasteiger partial charge in [-0.25, -0.2) is 0 Å². The number of hydrogen-bond acceptors (Lipinski definition) is 6. The van der Waals surface area contributed by atoms with Gasteiger partial charge in [0.25, 0.3) is 0 Å². The molecular formula is C22H26F3N3O4. The van der Waals surface area contributed by atoms with Crippen LogP contribution in [0, 0.1) is 0 Å². The van der Waals surface area contributed by atoms with Crippen LogP contribution >= 0.6 is 0 Å². The van der Waals surface area contributed by atoms with Crippen molar-refractivity contribution in [1.82, 2.24) is 0 Å². The molecule has 1 saturated heterocycles. The molecule has 0 spiro atoms. The normalized spacial score (nSPS) is 15.1. The summed E-state index contributed by atoms with van der Waals surface area (Å²) >= 11 is 0. The van der Waals surface area contributed by atoms with E-state index in [4.69, 9.17) is 14.2 Å². The summed E-state index contributed by atoms with van der Waals surface area (Å²) in [6.45, 7) is 3.57. The largest absolute Gasteiger partial charge is 0.497 e. The van der Waals surface area contributed by atoms with Gasteiger partial charge in [0.2, 0.25) is 5.91 Å². The van der Waals surface area contributed by atoms with Crippen molar-refractivity contribution in [3.63, 3.8) is 0 Å². The van der Waals surface area contributed by atoms with Gasteiger partial charge in [-0.15, -0.1) is 0 Å². The molecule has 2 N–H and O–H groups in total. The summed E-state index contributed by atoms with van der Waals surface area (Å²) < 4.78 is 55.7. The highest BCUT2D eigenvalue weighted by molar-refractivity contribution is 5.99. The number of alkyl halides is 3. The molecule has 32 heavy (non-hydrogen) atoms. The van der Waals surface area contributed by atoms with Crippen molar-refractivity contribution in [3.8, 4) is 11.5 Å². The fourth-order valence-corrected chi connectivity index (χ4v) is 3.35. The number of carbonyl (C=O) groups is 1. The summed E-state index contributed by atoms with van der Waals surface area (Å²) in [5.41, 5.74) is 0.335. The zero-order valence-electron chi connectivity index (χ0n) is 18.1. The van der Waals surface area contributed by atoms with Gasteiger partial charge >= 0.3 is 6.18 Å². The molecule has 0 bridgehead atoms. The number of morpholine rings is 1. The molecule has 2 aromatic carbocycles. The van der Waals surface area contributed by atoms with Gasteiger partial charge in [-0.1, -0.05) is 0 Å². The van der Waals surface area contributed by atoms with Crippen LogP contribution in [0.3, 0.4) is 0 Å².